The maximum atomic E-state index is 11.8. The van der Waals surface area contributed by atoms with E-state index < -0.39 is 0 Å². The molecule has 0 aromatic heterocycles. The van der Waals surface area contributed by atoms with Crippen LogP contribution < -0.4 is 0 Å². The largest absolute Gasteiger partial charge is 0.466 e. The molecule has 4 nitrogen and oxygen atoms in total. The van der Waals surface area contributed by atoms with Gasteiger partial charge < -0.3 is 9.47 Å². The van der Waals surface area contributed by atoms with Crippen LogP contribution in [0.2, 0.25) is 0 Å². The summed E-state index contributed by atoms with van der Waals surface area (Å²) in [6.45, 7) is 7.48. The zero-order valence-corrected chi connectivity index (χ0v) is 23.2. The van der Waals surface area contributed by atoms with Gasteiger partial charge in [-0.25, -0.2) is 0 Å². The zero-order chi connectivity index (χ0) is 25.1. The molecule has 0 aromatic carbocycles. The second-order valence-corrected chi connectivity index (χ2v) is 10.5. The Morgan fingerprint density at radius 2 is 0.853 bits per heavy atom. The van der Waals surface area contributed by atoms with Crippen molar-refractivity contribution >= 4 is 11.9 Å². The minimum absolute atomic E-state index is 0.0393. The van der Waals surface area contributed by atoms with Crippen LogP contribution in [0.5, 0.6) is 0 Å². The van der Waals surface area contributed by atoms with E-state index in [4.69, 9.17) is 9.47 Å². The smallest absolute Gasteiger partial charge is 0.305 e. The molecular weight excluding hydrogens is 424 g/mol. The summed E-state index contributed by atoms with van der Waals surface area (Å²) >= 11 is 0. The molecule has 0 rings (SSSR count). The van der Waals surface area contributed by atoms with Crippen molar-refractivity contribution in [3.63, 3.8) is 0 Å². The summed E-state index contributed by atoms with van der Waals surface area (Å²) in [5.41, 5.74) is 0. The van der Waals surface area contributed by atoms with Crippen molar-refractivity contribution in [2.24, 2.45) is 5.92 Å². The van der Waals surface area contributed by atoms with E-state index in [0.29, 0.717) is 32.0 Å². The predicted molar refractivity (Wildman–Crippen MR) is 144 cm³/mol. The van der Waals surface area contributed by atoms with E-state index in [1.165, 1.54) is 83.5 Å². The first-order valence-electron chi connectivity index (χ1n) is 14.9. The lowest BCUT2D eigenvalue weighted by atomic mass is 10.0. The van der Waals surface area contributed by atoms with Crippen molar-refractivity contribution in [3.8, 4) is 0 Å². The first-order chi connectivity index (χ1) is 16.6. The van der Waals surface area contributed by atoms with Crippen LogP contribution in [0.3, 0.4) is 0 Å². The number of unbranched alkanes of at least 4 members (excludes halogenated alkanes) is 18. The van der Waals surface area contributed by atoms with Gasteiger partial charge in [0.25, 0.3) is 0 Å². The summed E-state index contributed by atoms with van der Waals surface area (Å²) < 4.78 is 10.5. The lowest BCUT2D eigenvalue weighted by molar-refractivity contribution is -0.145. The molecule has 0 bridgehead atoms. The van der Waals surface area contributed by atoms with Gasteiger partial charge in [-0.2, -0.15) is 0 Å². The molecule has 0 N–H and O–H groups in total. The molecular formula is C30H58O4. The molecule has 0 aliphatic heterocycles. The molecule has 0 aliphatic rings. The summed E-state index contributed by atoms with van der Waals surface area (Å²) in [6.07, 6.45) is 26.0. The van der Waals surface area contributed by atoms with E-state index >= 15 is 0 Å². The minimum Gasteiger partial charge on any atom is -0.466 e. The maximum absolute atomic E-state index is 11.8. The van der Waals surface area contributed by atoms with Gasteiger partial charge in [-0.3, -0.25) is 9.59 Å². The Morgan fingerprint density at radius 1 is 0.500 bits per heavy atom. The molecule has 0 heterocycles. The van der Waals surface area contributed by atoms with Crippen molar-refractivity contribution in [1.29, 1.82) is 0 Å². The fraction of sp³-hybridized carbons (Fsp3) is 0.933. The van der Waals surface area contributed by atoms with Crippen LogP contribution in [-0.2, 0) is 19.1 Å². The molecule has 0 saturated carbocycles. The van der Waals surface area contributed by atoms with Gasteiger partial charge in [0, 0.05) is 12.8 Å². The van der Waals surface area contributed by atoms with Crippen LogP contribution in [-0.4, -0.2) is 25.2 Å². The van der Waals surface area contributed by atoms with E-state index in [2.05, 4.69) is 6.92 Å². The topological polar surface area (TPSA) is 52.6 Å². The summed E-state index contributed by atoms with van der Waals surface area (Å²) in [6, 6.07) is 0. The number of ether oxygens (including phenoxy) is 2. The molecule has 0 unspecified atom stereocenters. The van der Waals surface area contributed by atoms with Crippen LogP contribution in [0, 0.1) is 5.92 Å². The van der Waals surface area contributed by atoms with E-state index in [1.807, 2.05) is 13.8 Å². The molecule has 0 radical (unpaired) electrons. The molecule has 0 spiro atoms. The Bertz CT molecular complexity index is 447. The van der Waals surface area contributed by atoms with Crippen molar-refractivity contribution in [1.82, 2.24) is 0 Å². The van der Waals surface area contributed by atoms with Gasteiger partial charge in [-0.1, -0.05) is 130 Å². The van der Waals surface area contributed by atoms with Crippen LogP contribution in [0.4, 0.5) is 0 Å². The van der Waals surface area contributed by atoms with Gasteiger partial charge in [0.1, 0.15) is 0 Å². The Balaban J connectivity index is 3.22. The van der Waals surface area contributed by atoms with Crippen LogP contribution in [0.1, 0.15) is 162 Å². The highest BCUT2D eigenvalue weighted by atomic mass is 16.5. The van der Waals surface area contributed by atoms with Crippen molar-refractivity contribution in [2.75, 3.05) is 13.2 Å². The molecule has 0 aromatic rings. The zero-order valence-electron chi connectivity index (χ0n) is 23.2. The molecule has 4 heteroatoms. The quantitative estimate of drug-likeness (QED) is 0.0910. The molecule has 0 amide bonds. The summed E-state index contributed by atoms with van der Waals surface area (Å²) in [5, 5.41) is 0. The molecule has 34 heavy (non-hydrogen) atoms. The maximum Gasteiger partial charge on any atom is 0.305 e. The van der Waals surface area contributed by atoms with Gasteiger partial charge in [0.2, 0.25) is 0 Å². The standard InChI is InChI=1S/C30H58O4/c1-4-5-6-7-8-9-10-11-12-13-14-17-20-23-26-33-29(31)24-21-18-15-16-19-22-25-30(32)34-27-28(2)3/h28H,4-27H2,1-3H3. The minimum atomic E-state index is -0.0738. The van der Waals surface area contributed by atoms with Crippen molar-refractivity contribution < 1.29 is 19.1 Å². The van der Waals surface area contributed by atoms with Crippen molar-refractivity contribution in [3.05, 3.63) is 0 Å². The summed E-state index contributed by atoms with van der Waals surface area (Å²) in [7, 11) is 0. The SMILES string of the molecule is CCCCCCCCCCCCCCCCOC(=O)CCCCCCCCC(=O)OCC(C)C. The lowest BCUT2D eigenvalue weighted by Crippen LogP contribution is -2.09. The average Bonchev–Trinajstić information content (AvgIpc) is 2.81. The van der Waals surface area contributed by atoms with E-state index in [-0.39, 0.29) is 11.9 Å². The predicted octanol–water partition coefficient (Wildman–Crippen LogP) is 9.33. The molecule has 0 atom stereocenters. The second kappa shape index (κ2) is 26.5. The lowest BCUT2D eigenvalue weighted by Gasteiger charge is -2.07. The van der Waals surface area contributed by atoms with Gasteiger partial charge in [0.15, 0.2) is 0 Å². The number of esters is 2. The van der Waals surface area contributed by atoms with Gasteiger partial charge in [-0.15, -0.1) is 0 Å². The fourth-order valence-corrected chi connectivity index (χ4v) is 4.13. The Labute approximate surface area is 212 Å². The highest BCUT2D eigenvalue weighted by Crippen LogP contribution is 2.13. The number of hydrogen-bond donors (Lipinski definition) is 0. The fourth-order valence-electron chi connectivity index (χ4n) is 4.13. The van der Waals surface area contributed by atoms with Crippen LogP contribution in [0.15, 0.2) is 0 Å². The Hall–Kier alpha value is -1.06. The van der Waals surface area contributed by atoms with Gasteiger partial charge >= 0.3 is 11.9 Å². The molecule has 0 saturated heterocycles. The molecule has 202 valence electrons. The second-order valence-electron chi connectivity index (χ2n) is 10.5. The van der Waals surface area contributed by atoms with Crippen LogP contribution in [0.25, 0.3) is 0 Å². The number of carbonyl (C=O) groups is 2. The highest BCUT2D eigenvalue weighted by molar-refractivity contribution is 5.69. The summed E-state index contributed by atoms with van der Waals surface area (Å²) in [4.78, 5) is 23.4. The highest BCUT2D eigenvalue weighted by Gasteiger charge is 2.05. The first-order valence-corrected chi connectivity index (χ1v) is 14.9. The van der Waals surface area contributed by atoms with E-state index in [9.17, 15) is 9.59 Å². The van der Waals surface area contributed by atoms with Gasteiger partial charge in [-0.05, 0) is 25.2 Å². The molecule has 0 fully saturated rings. The summed E-state index contributed by atoms with van der Waals surface area (Å²) in [5.74, 6) is 0.285. The number of hydrogen-bond acceptors (Lipinski definition) is 4. The van der Waals surface area contributed by atoms with E-state index in [0.717, 1.165) is 44.9 Å². The Kier molecular flexibility index (Phi) is 25.7. The van der Waals surface area contributed by atoms with Crippen LogP contribution >= 0.6 is 0 Å². The van der Waals surface area contributed by atoms with E-state index in [1.54, 1.807) is 0 Å². The monoisotopic (exact) mass is 482 g/mol. The number of rotatable bonds is 26. The third-order valence-corrected chi connectivity index (χ3v) is 6.35. The third kappa shape index (κ3) is 27.2. The third-order valence-electron chi connectivity index (χ3n) is 6.35. The normalized spacial score (nSPS) is 11.2. The molecule has 0 aliphatic carbocycles. The Morgan fingerprint density at radius 3 is 1.26 bits per heavy atom. The number of carbonyl (C=O) groups excluding carboxylic acids is 2. The van der Waals surface area contributed by atoms with Gasteiger partial charge in [0.05, 0.1) is 13.2 Å². The first kappa shape index (κ1) is 32.9. The van der Waals surface area contributed by atoms with Crippen molar-refractivity contribution in [2.45, 2.75) is 162 Å². The average molecular weight is 483 g/mol.